The lowest BCUT2D eigenvalue weighted by atomic mass is 10.1. The van der Waals surface area contributed by atoms with Crippen LogP contribution in [0.25, 0.3) is 0 Å². The summed E-state index contributed by atoms with van der Waals surface area (Å²) in [6.45, 7) is 2.22. The predicted octanol–water partition coefficient (Wildman–Crippen LogP) is 1.13. The number of ether oxygens (including phenoxy) is 2. The van der Waals surface area contributed by atoms with Crippen molar-refractivity contribution in [2.45, 2.75) is 6.42 Å². The van der Waals surface area contributed by atoms with Gasteiger partial charge in [-0.05, 0) is 12.5 Å². The van der Waals surface area contributed by atoms with Crippen molar-refractivity contribution >= 4 is 17.2 Å². The molecule has 1 fully saturated rings. The number of aromatic nitrogens is 1. The van der Waals surface area contributed by atoms with Gasteiger partial charge in [0, 0.05) is 18.7 Å². The zero-order chi connectivity index (χ0) is 11.4. The molecule has 1 unspecified atom stereocenters. The molecule has 1 aromatic rings. The number of nitrogens with zero attached hydrogens (tertiary/aromatic N) is 1. The third kappa shape index (κ3) is 2.68. The molecule has 0 saturated carbocycles. The van der Waals surface area contributed by atoms with E-state index in [0.29, 0.717) is 23.3 Å². The zero-order valence-corrected chi connectivity index (χ0v) is 9.70. The molecule has 86 valence electrons. The molecule has 1 aliphatic rings. The van der Waals surface area contributed by atoms with Crippen LogP contribution >= 0.6 is 12.2 Å². The van der Waals surface area contributed by atoms with Crippen LogP contribution in [-0.2, 0) is 4.74 Å². The quantitative estimate of drug-likeness (QED) is 0.797. The van der Waals surface area contributed by atoms with Crippen molar-refractivity contribution in [3.63, 3.8) is 0 Å². The standard InChI is InChI=1S/C11H14N2O2S/c12-11(16)9-1-3-13-5-10(9)15-7-8-2-4-14-6-8/h1,3,5,8H,2,4,6-7H2,(H2,12,16). The lowest BCUT2D eigenvalue weighted by Gasteiger charge is -2.12. The highest BCUT2D eigenvalue weighted by molar-refractivity contribution is 7.80. The topological polar surface area (TPSA) is 57.4 Å². The molecule has 0 aliphatic carbocycles. The molecule has 0 radical (unpaired) electrons. The molecule has 1 aromatic heterocycles. The summed E-state index contributed by atoms with van der Waals surface area (Å²) in [4.78, 5) is 4.33. The zero-order valence-electron chi connectivity index (χ0n) is 8.89. The minimum absolute atomic E-state index is 0.333. The van der Waals surface area contributed by atoms with Gasteiger partial charge in [0.05, 0.1) is 25.0 Å². The minimum Gasteiger partial charge on any atom is -0.491 e. The molecule has 2 heterocycles. The van der Waals surface area contributed by atoms with E-state index in [9.17, 15) is 0 Å². The van der Waals surface area contributed by atoms with E-state index in [0.717, 1.165) is 25.2 Å². The summed E-state index contributed by atoms with van der Waals surface area (Å²) in [5, 5.41) is 0. The monoisotopic (exact) mass is 238 g/mol. The van der Waals surface area contributed by atoms with Gasteiger partial charge in [-0.15, -0.1) is 0 Å². The first kappa shape index (κ1) is 11.3. The molecular weight excluding hydrogens is 224 g/mol. The average Bonchev–Trinajstić information content (AvgIpc) is 2.79. The number of nitrogens with two attached hydrogens (primary N) is 1. The summed E-state index contributed by atoms with van der Waals surface area (Å²) in [5.74, 6) is 1.11. The molecule has 1 atom stereocenters. The second-order valence-corrected chi connectivity index (χ2v) is 4.22. The molecule has 16 heavy (non-hydrogen) atoms. The van der Waals surface area contributed by atoms with Crippen molar-refractivity contribution in [3.05, 3.63) is 24.0 Å². The SMILES string of the molecule is NC(=S)c1ccncc1OCC1CCOC1. The summed E-state index contributed by atoms with van der Waals surface area (Å²) in [6, 6.07) is 1.77. The van der Waals surface area contributed by atoms with Gasteiger partial charge in [-0.3, -0.25) is 4.98 Å². The van der Waals surface area contributed by atoms with Gasteiger partial charge in [0.25, 0.3) is 0 Å². The van der Waals surface area contributed by atoms with Crippen molar-refractivity contribution in [3.8, 4) is 5.75 Å². The Morgan fingerprint density at radius 3 is 3.25 bits per heavy atom. The molecule has 5 heteroatoms. The Kier molecular flexibility index (Phi) is 3.69. The fraction of sp³-hybridized carbons (Fsp3) is 0.455. The number of hydrogen-bond donors (Lipinski definition) is 1. The summed E-state index contributed by atoms with van der Waals surface area (Å²) < 4.78 is 10.9. The van der Waals surface area contributed by atoms with Gasteiger partial charge in [0.1, 0.15) is 10.7 Å². The Morgan fingerprint density at radius 1 is 1.69 bits per heavy atom. The maximum Gasteiger partial charge on any atom is 0.147 e. The first-order chi connectivity index (χ1) is 7.77. The fourth-order valence-electron chi connectivity index (χ4n) is 1.62. The Hall–Kier alpha value is -1.20. The number of hydrogen-bond acceptors (Lipinski definition) is 4. The molecular formula is C11H14N2O2S. The van der Waals surface area contributed by atoms with Crippen molar-refractivity contribution in [2.24, 2.45) is 11.7 Å². The summed E-state index contributed by atoms with van der Waals surface area (Å²) in [7, 11) is 0. The average molecular weight is 238 g/mol. The summed E-state index contributed by atoms with van der Waals surface area (Å²) in [5.41, 5.74) is 6.34. The van der Waals surface area contributed by atoms with Gasteiger partial charge in [-0.25, -0.2) is 0 Å². The van der Waals surface area contributed by atoms with Crippen LogP contribution < -0.4 is 10.5 Å². The van der Waals surface area contributed by atoms with Gasteiger partial charge >= 0.3 is 0 Å². The van der Waals surface area contributed by atoms with Crippen LogP contribution in [0.4, 0.5) is 0 Å². The van der Waals surface area contributed by atoms with Gasteiger partial charge in [-0.1, -0.05) is 12.2 Å². The van der Waals surface area contributed by atoms with E-state index in [1.54, 1.807) is 18.5 Å². The Bertz CT molecular complexity index is 378. The molecule has 1 aliphatic heterocycles. The van der Waals surface area contributed by atoms with Crippen molar-refractivity contribution in [1.29, 1.82) is 0 Å². The largest absolute Gasteiger partial charge is 0.491 e. The molecule has 0 aromatic carbocycles. The third-order valence-electron chi connectivity index (χ3n) is 2.55. The van der Waals surface area contributed by atoms with Crippen LogP contribution in [0.1, 0.15) is 12.0 Å². The molecule has 0 bridgehead atoms. The first-order valence-corrected chi connectivity index (χ1v) is 5.62. The third-order valence-corrected chi connectivity index (χ3v) is 2.77. The number of thiocarbonyl (C=S) groups is 1. The van der Waals surface area contributed by atoms with E-state index in [1.807, 2.05) is 0 Å². The predicted molar refractivity (Wildman–Crippen MR) is 64.5 cm³/mol. The highest BCUT2D eigenvalue weighted by Crippen LogP contribution is 2.19. The maximum atomic E-state index is 5.67. The highest BCUT2D eigenvalue weighted by atomic mass is 32.1. The van der Waals surface area contributed by atoms with E-state index in [4.69, 9.17) is 27.4 Å². The molecule has 2 N–H and O–H groups in total. The lowest BCUT2D eigenvalue weighted by Crippen LogP contribution is -2.16. The molecule has 4 nitrogen and oxygen atoms in total. The Morgan fingerprint density at radius 2 is 2.56 bits per heavy atom. The normalized spacial score (nSPS) is 19.6. The minimum atomic E-state index is 0.333. The summed E-state index contributed by atoms with van der Waals surface area (Å²) >= 11 is 4.94. The molecule has 2 rings (SSSR count). The smallest absolute Gasteiger partial charge is 0.147 e. The molecule has 0 amide bonds. The van der Waals surface area contributed by atoms with E-state index in [2.05, 4.69) is 4.98 Å². The first-order valence-electron chi connectivity index (χ1n) is 5.21. The second kappa shape index (κ2) is 5.23. The lowest BCUT2D eigenvalue weighted by molar-refractivity contribution is 0.167. The van der Waals surface area contributed by atoms with Gasteiger partial charge in [0.2, 0.25) is 0 Å². The van der Waals surface area contributed by atoms with Crippen LogP contribution in [0.3, 0.4) is 0 Å². The molecule has 1 saturated heterocycles. The maximum absolute atomic E-state index is 5.67. The van der Waals surface area contributed by atoms with Crippen LogP contribution in [0, 0.1) is 5.92 Å². The number of rotatable bonds is 4. The summed E-state index contributed by atoms with van der Waals surface area (Å²) in [6.07, 6.45) is 4.34. The van der Waals surface area contributed by atoms with Gasteiger partial charge in [-0.2, -0.15) is 0 Å². The fourth-order valence-corrected chi connectivity index (χ4v) is 1.79. The van der Waals surface area contributed by atoms with Crippen molar-refractivity contribution in [1.82, 2.24) is 4.98 Å². The van der Waals surface area contributed by atoms with Gasteiger partial charge < -0.3 is 15.2 Å². The van der Waals surface area contributed by atoms with Crippen LogP contribution in [0.5, 0.6) is 5.75 Å². The Labute approximate surface area is 99.8 Å². The number of pyridine rings is 1. The van der Waals surface area contributed by atoms with E-state index >= 15 is 0 Å². The van der Waals surface area contributed by atoms with Crippen molar-refractivity contribution < 1.29 is 9.47 Å². The molecule has 0 spiro atoms. The van der Waals surface area contributed by atoms with Crippen molar-refractivity contribution in [2.75, 3.05) is 19.8 Å². The van der Waals surface area contributed by atoms with E-state index < -0.39 is 0 Å². The van der Waals surface area contributed by atoms with Crippen LogP contribution in [0.15, 0.2) is 18.5 Å². The Balaban J connectivity index is 2.00. The van der Waals surface area contributed by atoms with Gasteiger partial charge in [0.15, 0.2) is 0 Å². The van der Waals surface area contributed by atoms with E-state index in [-0.39, 0.29) is 0 Å². The highest BCUT2D eigenvalue weighted by Gasteiger charge is 2.17. The second-order valence-electron chi connectivity index (χ2n) is 3.78. The van der Waals surface area contributed by atoms with E-state index in [1.165, 1.54) is 0 Å². The van der Waals surface area contributed by atoms with Crippen LogP contribution in [-0.4, -0.2) is 29.8 Å². The van der Waals surface area contributed by atoms with Crippen LogP contribution in [0.2, 0.25) is 0 Å².